The number of hydrogen-bond acceptors (Lipinski definition) is 4. The van der Waals surface area contributed by atoms with Gasteiger partial charge in [0.1, 0.15) is 0 Å². The van der Waals surface area contributed by atoms with Crippen molar-refractivity contribution in [2.24, 2.45) is 0 Å². The summed E-state index contributed by atoms with van der Waals surface area (Å²) in [6.07, 6.45) is 4.61. The van der Waals surface area contributed by atoms with Crippen molar-refractivity contribution < 1.29 is 4.79 Å². The molecule has 1 aromatic rings. The van der Waals surface area contributed by atoms with Crippen LogP contribution in [-0.4, -0.2) is 65.0 Å². The van der Waals surface area contributed by atoms with Gasteiger partial charge in [0, 0.05) is 51.2 Å². The molecule has 0 unspecified atom stereocenters. The molecule has 0 aliphatic carbocycles. The third-order valence-electron chi connectivity index (χ3n) is 4.56. The van der Waals surface area contributed by atoms with Crippen molar-refractivity contribution in [3.8, 4) is 0 Å². The number of aryl methyl sites for hydroxylation is 1. The number of aromatic nitrogens is 1. The van der Waals surface area contributed by atoms with E-state index in [0.29, 0.717) is 0 Å². The summed E-state index contributed by atoms with van der Waals surface area (Å²) in [5.74, 6) is 0. The maximum absolute atomic E-state index is 12.5. The molecule has 0 atom stereocenters. The van der Waals surface area contributed by atoms with Crippen LogP contribution in [0.4, 0.5) is 4.79 Å². The summed E-state index contributed by atoms with van der Waals surface area (Å²) in [4.78, 5) is 23.6. The largest absolute Gasteiger partial charge is 0.325 e. The number of carbonyl (C=O) groups is 1. The van der Waals surface area contributed by atoms with E-state index in [2.05, 4.69) is 22.2 Å². The normalized spacial score (nSPS) is 20.4. The standard InChI is InChI=1S/C16H26N4OS/c1-2-15-17-14(13-22-15)12-18-8-10-20(11-9-18)16(21)19-6-4-3-5-7-19/h13H,2-12H2,1H3. The topological polar surface area (TPSA) is 39.7 Å². The van der Waals surface area contributed by atoms with Crippen LogP contribution in [0.1, 0.15) is 36.9 Å². The van der Waals surface area contributed by atoms with Gasteiger partial charge >= 0.3 is 6.03 Å². The van der Waals surface area contributed by atoms with E-state index in [0.717, 1.165) is 65.1 Å². The summed E-state index contributed by atoms with van der Waals surface area (Å²) in [5.41, 5.74) is 1.18. The van der Waals surface area contributed by atoms with Gasteiger partial charge in [0.05, 0.1) is 10.7 Å². The smallest absolute Gasteiger partial charge is 0.320 e. The molecule has 22 heavy (non-hydrogen) atoms. The van der Waals surface area contributed by atoms with Crippen LogP contribution in [0.3, 0.4) is 0 Å². The summed E-state index contributed by atoms with van der Waals surface area (Å²) in [5, 5.41) is 3.39. The summed E-state index contributed by atoms with van der Waals surface area (Å²) >= 11 is 1.75. The molecule has 2 amide bonds. The number of carbonyl (C=O) groups excluding carboxylic acids is 1. The third kappa shape index (κ3) is 3.79. The number of piperazine rings is 1. The number of rotatable bonds is 3. The van der Waals surface area contributed by atoms with Gasteiger partial charge in [-0.1, -0.05) is 6.92 Å². The van der Waals surface area contributed by atoms with Crippen LogP contribution >= 0.6 is 11.3 Å². The summed E-state index contributed by atoms with van der Waals surface area (Å²) in [7, 11) is 0. The summed E-state index contributed by atoms with van der Waals surface area (Å²) in [6, 6.07) is 0.251. The zero-order chi connectivity index (χ0) is 15.4. The number of thiazole rings is 1. The molecule has 0 aromatic carbocycles. The predicted molar refractivity (Wildman–Crippen MR) is 89.2 cm³/mol. The van der Waals surface area contributed by atoms with Crippen LogP contribution in [0.15, 0.2) is 5.38 Å². The van der Waals surface area contributed by atoms with Crippen molar-refractivity contribution >= 4 is 17.4 Å². The first-order valence-corrected chi connectivity index (χ1v) is 9.33. The van der Waals surface area contributed by atoms with E-state index in [1.54, 1.807) is 11.3 Å². The zero-order valence-electron chi connectivity index (χ0n) is 13.5. The van der Waals surface area contributed by atoms with E-state index in [9.17, 15) is 4.79 Å². The van der Waals surface area contributed by atoms with Gasteiger partial charge in [-0.25, -0.2) is 9.78 Å². The van der Waals surface area contributed by atoms with E-state index < -0.39 is 0 Å². The molecule has 3 heterocycles. The van der Waals surface area contributed by atoms with Crippen molar-refractivity contribution in [1.29, 1.82) is 0 Å². The highest BCUT2D eigenvalue weighted by Gasteiger charge is 2.26. The lowest BCUT2D eigenvalue weighted by Crippen LogP contribution is -2.53. The molecule has 5 nitrogen and oxygen atoms in total. The lowest BCUT2D eigenvalue weighted by molar-refractivity contribution is 0.104. The summed E-state index contributed by atoms with van der Waals surface area (Å²) < 4.78 is 0. The van der Waals surface area contributed by atoms with Crippen LogP contribution in [0, 0.1) is 0 Å². The zero-order valence-corrected chi connectivity index (χ0v) is 14.3. The Kier molecular flexibility index (Phi) is 5.31. The molecule has 0 radical (unpaired) electrons. The Labute approximate surface area is 136 Å². The predicted octanol–water partition coefficient (Wildman–Crippen LogP) is 2.43. The maximum atomic E-state index is 12.5. The molecule has 1 aromatic heterocycles. The molecule has 0 bridgehead atoms. The SMILES string of the molecule is CCc1nc(CN2CCN(C(=O)N3CCCCC3)CC2)cs1. The van der Waals surface area contributed by atoms with Crippen LogP contribution in [-0.2, 0) is 13.0 Å². The van der Waals surface area contributed by atoms with Crippen LogP contribution in [0.2, 0.25) is 0 Å². The Hall–Kier alpha value is -1.14. The quantitative estimate of drug-likeness (QED) is 0.858. The van der Waals surface area contributed by atoms with Crippen LogP contribution in [0.25, 0.3) is 0 Å². The molecule has 2 aliphatic heterocycles. The number of urea groups is 1. The first kappa shape index (κ1) is 15.7. The number of piperidine rings is 1. The lowest BCUT2D eigenvalue weighted by Gasteiger charge is -2.38. The average molecular weight is 322 g/mol. The Morgan fingerprint density at radius 2 is 1.77 bits per heavy atom. The number of likely N-dealkylation sites (tertiary alicyclic amines) is 1. The van der Waals surface area contributed by atoms with Crippen molar-refractivity contribution in [3.05, 3.63) is 16.1 Å². The van der Waals surface area contributed by atoms with E-state index in [-0.39, 0.29) is 6.03 Å². The van der Waals surface area contributed by atoms with Crippen molar-refractivity contribution in [2.75, 3.05) is 39.3 Å². The minimum absolute atomic E-state index is 0.251. The van der Waals surface area contributed by atoms with Gasteiger partial charge in [0.2, 0.25) is 0 Å². The number of hydrogen-bond donors (Lipinski definition) is 0. The molecular formula is C16H26N4OS. The molecule has 122 valence electrons. The minimum atomic E-state index is 0.251. The van der Waals surface area contributed by atoms with Gasteiger partial charge in [0.25, 0.3) is 0 Å². The second-order valence-electron chi connectivity index (χ2n) is 6.18. The second kappa shape index (κ2) is 7.42. The maximum Gasteiger partial charge on any atom is 0.320 e. The molecule has 6 heteroatoms. The third-order valence-corrected chi connectivity index (χ3v) is 5.60. The van der Waals surface area contributed by atoms with E-state index >= 15 is 0 Å². The van der Waals surface area contributed by atoms with Crippen LogP contribution < -0.4 is 0 Å². The highest BCUT2D eigenvalue weighted by atomic mass is 32.1. The Bertz CT molecular complexity index is 490. The minimum Gasteiger partial charge on any atom is -0.325 e. The monoisotopic (exact) mass is 322 g/mol. The molecule has 0 spiro atoms. The molecule has 2 saturated heterocycles. The Balaban J connectivity index is 1.46. The molecular weight excluding hydrogens is 296 g/mol. The second-order valence-corrected chi connectivity index (χ2v) is 7.12. The van der Waals surface area contributed by atoms with Gasteiger partial charge in [-0.15, -0.1) is 11.3 Å². The van der Waals surface area contributed by atoms with Crippen molar-refractivity contribution in [2.45, 2.75) is 39.2 Å². The fourth-order valence-corrected chi connectivity index (χ4v) is 3.93. The highest BCUT2D eigenvalue weighted by molar-refractivity contribution is 7.09. The van der Waals surface area contributed by atoms with E-state index in [1.165, 1.54) is 17.1 Å². The lowest BCUT2D eigenvalue weighted by atomic mass is 10.1. The first-order valence-electron chi connectivity index (χ1n) is 8.45. The van der Waals surface area contributed by atoms with Gasteiger partial charge in [-0.3, -0.25) is 4.90 Å². The van der Waals surface area contributed by atoms with E-state index in [1.807, 2.05) is 9.80 Å². The molecule has 3 rings (SSSR count). The molecule has 0 N–H and O–H groups in total. The number of amides is 2. The van der Waals surface area contributed by atoms with Gasteiger partial charge in [0.15, 0.2) is 0 Å². The fraction of sp³-hybridized carbons (Fsp3) is 0.750. The molecule has 2 fully saturated rings. The van der Waals surface area contributed by atoms with E-state index in [4.69, 9.17) is 0 Å². The first-order chi connectivity index (χ1) is 10.8. The Morgan fingerprint density at radius 1 is 1.09 bits per heavy atom. The average Bonchev–Trinajstić information content (AvgIpc) is 3.03. The number of nitrogens with zero attached hydrogens (tertiary/aromatic N) is 4. The van der Waals surface area contributed by atoms with Gasteiger partial charge in [-0.05, 0) is 25.7 Å². The fourth-order valence-electron chi connectivity index (χ4n) is 3.20. The molecule has 2 aliphatic rings. The highest BCUT2D eigenvalue weighted by Crippen LogP contribution is 2.15. The summed E-state index contributed by atoms with van der Waals surface area (Å²) in [6.45, 7) is 8.56. The van der Waals surface area contributed by atoms with Gasteiger partial charge in [-0.2, -0.15) is 0 Å². The van der Waals surface area contributed by atoms with Gasteiger partial charge < -0.3 is 9.80 Å². The van der Waals surface area contributed by atoms with Crippen molar-refractivity contribution in [3.63, 3.8) is 0 Å². The Morgan fingerprint density at radius 3 is 2.41 bits per heavy atom. The van der Waals surface area contributed by atoms with Crippen molar-refractivity contribution in [1.82, 2.24) is 19.7 Å². The molecule has 0 saturated carbocycles. The van der Waals surface area contributed by atoms with Crippen LogP contribution in [0.5, 0.6) is 0 Å².